The fraction of sp³-hybridized carbons (Fsp3) is 0.500. The topological polar surface area (TPSA) is 67.6 Å². The monoisotopic (exact) mass is 287 g/mol. The van der Waals surface area contributed by atoms with E-state index in [1.54, 1.807) is 6.07 Å². The average molecular weight is 287 g/mol. The van der Waals surface area contributed by atoms with Gasteiger partial charge in [0, 0.05) is 18.6 Å². The van der Waals surface area contributed by atoms with Crippen LogP contribution in [0.25, 0.3) is 0 Å². The maximum absolute atomic E-state index is 11.6. The van der Waals surface area contributed by atoms with E-state index in [0.717, 1.165) is 18.7 Å². The molecule has 1 amide bonds. The minimum Gasteiger partial charge on any atom is -0.465 e. The van der Waals surface area contributed by atoms with Gasteiger partial charge in [-0.1, -0.05) is 12.1 Å². The lowest BCUT2D eigenvalue weighted by Gasteiger charge is -2.38. The molecule has 1 aliphatic heterocycles. The number of carboxylic acid groups (broad SMARTS) is 1. The number of nitrogens with zero attached hydrogens (tertiary/aromatic N) is 3. The van der Waals surface area contributed by atoms with Crippen LogP contribution in [0.1, 0.15) is 32.8 Å². The fourth-order valence-corrected chi connectivity index (χ4v) is 3.01. The molecule has 0 radical (unpaired) electrons. The molecule has 0 aliphatic carbocycles. The molecule has 5 nitrogen and oxygen atoms in total. The van der Waals surface area contributed by atoms with Gasteiger partial charge in [-0.25, -0.2) is 4.79 Å². The molecule has 1 atom stereocenters. The Morgan fingerprint density at radius 3 is 2.67 bits per heavy atom. The molecule has 0 unspecified atom stereocenters. The summed E-state index contributed by atoms with van der Waals surface area (Å²) >= 11 is 0. The highest BCUT2D eigenvalue weighted by Crippen LogP contribution is 2.29. The van der Waals surface area contributed by atoms with Crippen LogP contribution in [-0.2, 0) is 0 Å². The first-order chi connectivity index (χ1) is 9.84. The molecule has 0 spiro atoms. The highest BCUT2D eigenvalue weighted by atomic mass is 16.4. The molecule has 5 heteroatoms. The summed E-state index contributed by atoms with van der Waals surface area (Å²) in [5, 5.41) is 18.7. The second-order valence-electron chi connectivity index (χ2n) is 6.34. The first-order valence-electron chi connectivity index (χ1n) is 7.11. The molecule has 1 fully saturated rings. The molecule has 1 N–H and O–H groups in total. The molecule has 21 heavy (non-hydrogen) atoms. The third kappa shape index (κ3) is 3.10. The van der Waals surface area contributed by atoms with Crippen LogP contribution in [-0.4, -0.2) is 40.8 Å². The van der Waals surface area contributed by atoms with Gasteiger partial charge in [0.1, 0.15) is 6.07 Å². The number of carbonyl (C=O) groups is 1. The Kier molecular flexibility index (Phi) is 4.08. The number of para-hydroxylation sites is 1. The molecule has 0 bridgehead atoms. The van der Waals surface area contributed by atoms with Gasteiger partial charge in [0.15, 0.2) is 0 Å². The average Bonchev–Trinajstić information content (AvgIpc) is 2.85. The molecule has 1 saturated heterocycles. The van der Waals surface area contributed by atoms with E-state index >= 15 is 0 Å². The van der Waals surface area contributed by atoms with Gasteiger partial charge in [-0.05, 0) is 39.3 Å². The Bertz CT molecular complexity index is 572. The second-order valence-corrected chi connectivity index (χ2v) is 6.34. The van der Waals surface area contributed by atoms with Crippen LogP contribution in [0.5, 0.6) is 0 Å². The van der Waals surface area contributed by atoms with Crippen molar-refractivity contribution < 1.29 is 9.90 Å². The van der Waals surface area contributed by atoms with Crippen molar-refractivity contribution in [2.45, 2.75) is 38.8 Å². The van der Waals surface area contributed by atoms with Crippen LogP contribution in [0.3, 0.4) is 0 Å². The van der Waals surface area contributed by atoms with Gasteiger partial charge in [0.2, 0.25) is 0 Å². The van der Waals surface area contributed by atoms with Crippen molar-refractivity contribution in [2.24, 2.45) is 0 Å². The number of amides is 1. The normalized spacial score (nSPS) is 18.4. The minimum absolute atomic E-state index is 0.0470. The Hall–Kier alpha value is -2.22. The van der Waals surface area contributed by atoms with E-state index in [1.165, 1.54) is 4.90 Å². The summed E-state index contributed by atoms with van der Waals surface area (Å²) in [7, 11) is 0. The lowest BCUT2D eigenvalue weighted by Crippen LogP contribution is -2.52. The molecule has 1 heterocycles. The third-order valence-electron chi connectivity index (χ3n) is 3.82. The Balaban J connectivity index is 2.21. The van der Waals surface area contributed by atoms with E-state index in [4.69, 9.17) is 0 Å². The van der Waals surface area contributed by atoms with Crippen LogP contribution in [0.4, 0.5) is 10.5 Å². The maximum atomic E-state index is 11.6. The second kappa shape index (κ2) is 5.65. The maximum Gasteiger partial charge on any atom is 0.408 e. The van der Waals surface area contributed by atoms with Gasteiger partial charge >= 0.3 is 6.09 Å². The predicted octanol–water partition coefficient (Wildman–Crippen LogP) is 2.92. The van der Waals surface area contributed by atoms with Crippen molar-refractivity contribution in [3.8, 4) is 6.07 Å². The van der Waals surface area contributed by atoms with Crippen LogP contribution in [0.2, 0.25) is 0 Å². The number of hydrogen-bond acceptors (Lipinski definition) is 3. The van der Waals surface area contributed by atoms with Crippen LogP contribution >= 0.6 is 0 Å². The van der Waals surface area contributed by atoms with Crippen LogP contribution in [0.15, 0.2) is 24.3 Å². The lowest BCUT2D eigenvalue weighted by atomic mass is 10.0. The Morgan fingerprint density at radius 1 is 1.43 bits per heavy atom. The zero-order valence-corrected chi connectivity index (χ0v) is 12.7. The standard InChI is InChI=1S/C16H21N3O2/c1-16(2,3)19(15(20)21)13-8-9-18(11-13)14-7-5-4-6-12(14)10-17/h4-7,13H,8-9,11H2,1-3H3,(H,20,21)/t13-/m0/s1. The molecular formula is C16H21N3O2. The van der Waals surface area contributed by atoms with E-state index in [9.17, 15) is 15.2 Å². The molecule has 0 aromatic heterocycles. The van der Waals surface area contributed by atoms with Crippen molar-refractivity contribution in [3.63, 3.8) is 0 Å². The van der Waals surface area contributed by atoms with Gasteiger partial charge in [0.25, 0.3) is 0 Å². The molecule has 2 rings (SSSR count). The van der Waals surface area contributed by atoms with Crippen molar-refractivity contribution in [3.05, 3.63) is 29.8 Å². The number of benzene rings is 1. The van der Waals surface area contributed by atoms with E-state index in [1.807, 2.05) is 39.0 Å². The summed E-state index contributed by atoms with van der Waals surface area (Å²) in [6, 6.07) is 9.61. The molecule has 1 aromatic rings. The zero-order chi connectivity index (χ0) is 15.6. The SMILES string of the molecule is CC(C)(C)N(C(=O)O)[C@H]1CCN(c2ccccc2C#N)C1. The van der Waals surface area contributed by atoms with Gasteiger partial charge in [0.05, 0.1) is 17.3 Å². The van der Waals surface area contributed by atoms with Gasteiger partial charge in [-0.3, -0.25) is 4.90 Å². The number of hydrogen-bond donors (Lipinski definition) is 1. The van der Waals surface area contributed by atoms with Crippen molar-refractivity contribution in [1.82, 2.24) is 4.90 Å². The highest BCUT2D eigenvalue weighted by molar-refractivity contribution is 5.67. The molecule has 1 aliphatic rings. The highest BCUT2D eigenvalue weighted by Gasteiger charge is 2.37. The third-order valence-corrected chi connectivity index (χ3v) is 3.82. The molecular weight excluding hydrogens is 266 g/mol. The number of nitriles is 1. The largest absolute Gasteiger partial charge is 0.465 e. The Labute approximate surface area is 125 Å². The van der Waals surface area contributed by atoms with E-state index < -0.39 is 11.6 Å². The van der Waals surface area contributed by atoms with Crippen LogP contribution in [0, 0.1) is 11.3 Å². The van der Waals surface area contributed by atoms with Gasteiger partial charge in [-0.2, -0.15) is 5.26 Å². The van der Waals surface area contributed by atoms with Crippen LogP contribution < -0.4 is 4.90 Å². The summed E-state index contributed by atoms with van der Waals surface area (Å²) in [6.45, 7) is 7.12. The zero-order valence-electron chi connectivity index (χ0n) is 12.7. The Morgan fingerprint density at radius 2 is 2.10 bits per heavy atom. The lowest BCUT2D eigenvalue weighted by molar-refractivity contribution is 0.0763. The molecule has 1 aromatic carbocycles. The fourth-order valence-electron chi connectivity index (χ4n) is 3.01. The van der Waals surface area contributed by atoms with Crippen molar-refractivity contribution in [1.29, 1.82) is 5.26 Å². The predicted molar refractivity (Wildman–Crippen MR) is 81.4 cm³/mol. The van der Waals surface area contributed by atoms with Gasteiger partial charge < -0.3 is 10.0 Å². The summed E-state index contributed by atoms with van der Waals surface area (Å²) in [5.41, 5.74) is 1.10. The first kappa shape index (κ1) is 15.2. The van der Waals surface area contributed by atoms with E-state index in [2.05, 4.69) is 11.0 Å². The van der Waals surface area contributed by atoms with Gasteiger partial charge in [-0.15, -0.1) is 0 Å². The van der Waals surface area contributed by atoms with E-state index in [-0.39, 0.29) is 6.04 Å². The summed E-state index contributed by atoms with van der Waals surface area (Å²) in [5.74, 6) is 0. The molecule has 112 valence electrons. The summed E-state index contributed by atoms with van der Waals surface area (Å²) in [4.78, 5) is 15.2. The number of rotatable bonds is 2. The van der Waals surface area contributed by atoms with Crippen molar-refractivity contribution in [2.75, 3.05) is 18.0 Å². The summed E-state index contributed by atoms with van der Waals surface area (Å²) < 4.78 is 0. The molecule has 0 saturated carbocycles. The quantitative estimate of drug-likeness (QED) is 0.908. The smallest absolute Gasteiger partial charge is 0.408 e. The van der Waals surface area contributed by atoms with Crippen molar-refractivity contribution >= 4 is 11.8 Å². The van der Waals surface area contributed by atoms with E-state index in [0.29, 0.717) is 12.1 Å². The summed E-state index contributed by atoms with van der Waals surface area (Å²) in [6.07, 6.45) is -0.105. The minimum atomic E-state index is -0.886. The first-order valence-corrected chi connectivity index (χ1v) is 7.11. The number of anilines is 1.